The highest BCUT2D eigenvalue weighted by Crippen LogP contribution is 2.23. The Kier molecular flexibility index (Phi) is 3.05. The van der Waals surface area contributed by atoms with Crippen LogP contribution in [-0.4, -0.2) is 5.91 Å². The Balaban J connectivity index is 2.21. The molecule has 1 heterocycles. The summed E-state index contributed by atoms with van der Waals surface area (Å²) in [5.41, 5.74) is 0.766. The molecule has 0 aliphatic rings. The van der Waals surface area contributed by atoms with E-state index in [1.807, 2.05) is 0 Å². The lowest BCUT2D eigenvalue weighted by atomic mass is 10.2. The number of hydrogen-bond donors (Lipinski definition) is 1. The van der Waals surface area contributed by atoms with E-state index in [0.717, 1.165) is 0 Å². The van der Waals surface area contributed by atoms with Gasteiger partial charge in [-0.05, 0) is 40.2 Å². The van der Waals surface area contributed by atoms with Crippen molar-refractivity contribution >= 4 is 27.5 Å². The Bertz CT molecular complexity index is 511. The monoisotopic (exact) mass is 283 g/mol. The molecule has 0 bridgehead atoms. The fourth-order valence-electron chi connectivity index (χ4n) is 1.18. The molecule has 1 aromatic heterocycles. The molecule has 0 saturated heterocycles. The predicted octanol–water partition coefficient (Wildman–Crippen LogP) is 3.43. The fourth-order valence-corrected chi connectivity index (χ4v) is 1.53. The van der Waals surface area contributed by atoms with Gasteiger partial charge in [0.25, 0.3) is 5.91 Å². The predicted molar refractivity (Wildman–Crippen MR) is 60.8 cm³/mol. The van der Waals surface area contributed by atoms with Crippen molar-refractivity contribution in [2.75, 3.05) is 5.32 Å². The molecule has 0 aliphatic carbocycles. The molecular formula is C11H7BrFNO2. The number of halogens is 2. The molecule has 2 rings (SSSR count). The van der Waals surface area contributed by atoms with Crippen LogP contribution in [0.4, 0.5) is 10.1 Å². The molecule has 0 unspecified atom stereocenters. The van der Waals surface area contributed by atoms with E-state index in [4.69, 9.17) is 4.42 Å². The zero-order valence-corrected chi connectivity index (χ0v) is 9.62. The van der Waals surface area contributed by atoms with Gasteiger partial charge < -0.3 is 9.73 Å². The molecule has 3 nitrogen and oxygen atoms in total. The van der Waals surface area contributed by atoms with Crippen molar-refractivity contribution in [3.8, 4) is 0 Å². The molecule has 0 atom stereocenters. The summed E-state index contributed by atoms with van der Waals surface area (Å²) in [5.74, 6) is -0.759. The van der Waals surface area contributed by atoms with Gasteiger partial charge in [0.2, 0.25) is 0 Å². The molecule has 16 heavy (non-hydrogen) atoms. The smallest absolute Gasteiger partial charge is 0.258 e. The third kappa shape index (κ3) is 2.30. The molecular weight excluding hydrogens is 277 g/mol. The van der Waals surface area contributed by atoms with Crippen molar-refractivity contribution in [1.82, 2.24) is 0 Å². The summed E-state index contributed by atoms with van der Waals surface area (Å²) in [7, 11) is 0. The topological polar surface area (TPSA) is 42.2 Å². The zero-order chi connectivity index (χ0) is 11.5. The fraction of sp³-hybridized carbons (Fsp3) is 0. The first-order chi connectivity index (χ1) is 7.66. The second-order valence-electron chi connectivity index (χ2n) is 3.09. The summed E-state index contributed by atoms with van der Waals surface area (Å²) in [5, 5.41) is 2.57. The molecule has 1 N–H and O–H groups in total. The maximum absolute atomic E-state index is 12.9. The molecule has 0 spiro atoms. The first-order valence-corrected chi connectivity index (χ1v) is 5.25. The third-order valence-electron chi connectivity index (χ3n) is 1.96. The summed E-state index contributed by atoms with van der Waals surface area (Å²) < 4.78 is 18.3. The van der Waals surface area contributed by atoms with E-state index in [9.17, 15) is 9.18 Å². The maximum Gasteiger partial charge on any atom is 0.258 e. The van der Waals surface area contributed by atoms with Gasteiger partial charge in [0.1, 0.15) is 12.1 Å². The van der Waals surface area contributed by atoms with Crippen molar-refractivity contribution < 1.29 is 13.6 Å². The van der Waals surface area contributed by atoms with E-state index >= 15 is 0 Å². The van der Waals surface area contributed by atoms with Crippen molar-refractivity contribution in [1.29, 1.82) is 0 Å². The van der Waals surface area contributed by atoms with Crippen LogP contribution < -0.4 is 5.32 Å². The van der Waals surface area contributed by atoms with Crippen LogP contribution in [0.1, 0.15) is 10.4 Å². The Hall–Kier alpha value is -1.62. The average Bonchev–Trinajstić information content (AvgIpc) is 2.76. The first-order valence-electron chi connectivity index (χ1n) is 4.45. The van der Waals surface area contributed by atoms with E-state index < -0.39 is 5.82 Å². The second-order valence-corrected chi connectivity index (χ2v) is 3.94. The number of hydrogen-bond acceptors (Lipinski definition) is 2. The molecule has 0 fully saturated rings. The van der Waals surface area contributed by atoms with Gasteiger partial charge in [-0.2, -0.15) is 0 Å². The number of nitrogens with one attached hydrogen (secondary N) is 1. The highest BCUT2D eigenvalue weighted by Gasteiger charge is 2.09. The van der Waals surface area contributed by atoms with Gasteiger partial charge in [0.15, 0.2) is 0 Å². The second kappa shape index (κ2) is 4.49. The highest BCUT2D eigenvalue weighted by molar-refractivity contribution is 9.10. The molecule has 1 amide bonds. The van der Waals surface area contributed by atoms with Crippen molar-refractivity contribution in [3.63, 3.8) is 0 Å². The van der Waals surface area contributed by atoms with Crippen LogP contribution in [-0.2, 0) is 0 Å². The van der Waals surface area contributed by atoms with E-state index in [2.05, 4.69) is 21.2 Å². The Labute approximate surface area is 99.4 Å². The number of anilines is 1. The van der Waals surface area contributed by atoms with E-state index in [-0.39, 0.29) is 5.91 Å². The first kappa shape index (κ1) is 10.9. The number of furan rings is 1. The Morgan fingerprint density at radius 2 is 2.19 bits per heavy atom. The van der Waals surface area contributed by atoms with E-state index in [1.54, 1.807) is 0 Å². The average molecular weight is 284 g/mol. The van der Waals surface area contributed by atoms with Gasteiger partial charge in [0.05, 0.1) is 17.5 Å². The molecule has 0 radical (unpaired) electrons. The number of amides is 1. The third-order valence-corrected chi connectivity index (χ3v) is 2.65. The zero-order valence-electron chi connectivity index (χ0n) is 8.04. The minimum atomic E-state index is -0.411. The van der Waals surface area contributed by atoms with Crippen LogP contribution in [0.2, 0.25) is 0 Å². The van der Waals surface area contributed by atoms with Gasteiger partial charge in [-0.25, -0.2) is 4.39 Å². The van der Waals surface area contributed by atoms with Crippen molar-refractivity contribution in [2.24, 2.45) is 0 Å². The number of rotatable bonds is 2. The lowest BCUT2D eigenvalue weighted by Gasteiger charge is -2.05. The van der Waals surface area contributed by atoms with Crippen molar-refractivity contribution in [3.05, 3.63) is 52.6 Å². The Morgan fingerprint density at radius 1 is 1.38 bits per heavy atom. The van der Waals surface area contributed by atoms with Crippen LogP contribution in [0.3, 0.4) is 0 Å². The number of carbonyl (C=O) groups is 1. The van der Waals surface area contributed by atoms with Crippen LogP contribution in [0.5, 0.6) is 0 Å². The molecule has 5 heteroatoms. The molecule has 82 valence electrons. The minimum absolute atomic E-state index is 0.347. The lowest BCUT2D eigenvalue weighted by molar-refractivity contribution is 0.102. The molecule has 2 aromatic rings. The van der Waals surface area contributed by atoms with Gasteiger partial charge >= 0.3 is 0 Å². The maximum atomic E-state index is 12.9. The minimum Gasteiger partial charge on any atom is -0.472 e. The number of carbonyl (C=O) groups excluding carboxylic acids is 1. The van der Waals surface area contributed by atoms with E-state index in [0.29, 0.717) is 15.7 Å². The van der Waals surface area contributed by atoms with Crippen molar-refractivity contribution in [2.45, 2.75) is 0 Å². The quantitative estimate of drug-likeness (QED) is 0.918. The summed E-state index contributed by atoms with van der Waals surface area (Å²) in [4.78, 5) is 11.6. The van der Waals surface area contributed by atoms with Gasteiger partial charge in [0, 0.05) is 4.47 Å². The van der Waals surface area contributed by atoms with Gasteiger partial charge in [-0.3, -0.25) is 4.79 Å². The molecule has 0 aliphatic heterocycles. The standard InChI is InChI=1S/C11H7BrFNO2/c12-9-2-1-8(13)5-10(9)14-11(15)7-3-4-16-6-7/h1-6H,(H,14,15). The van der Waals surface area contributed by atoms with Gasteiger partial charge in [-0.1, -0.05) is 0 Å². The summed E-state index contributed by atoms with van der Waals surface area (Å²) in [6.07, 6.45) is 2.72. The summed E-state index contributed by atoms with van der Waals surface area (Å²) >= 11 is 3.22. The lowest BCUT2D eigenvalue weighted by Crippen LogP contribution is -2.11. The number of benzene rings is 1. The summed E-state index contributed by atoms with van der Waals surface area (Å²) in [6, 6.07) is 5.60. The van der Waals surface area contributed by atoms with E-state index in [1.165, 1.54) is 36.8 Å². The van der Waals surface area contributed by atoms with Crippen LogP contribution in [0.25, 0.3) is 0 Å². The highest BCUT2D eigenvalue weighted by atomic mass is 79.9. The summed E-state index contributed by atoms with van der Waals surface area (Å²) in [6.45, 7) is 0. The van der Waals surface area contributed by atoms with Crippen LogP contribution in [0.15, 0.2) is 45.7 Å². The van der Waals surface area contributed by atoms with Crippen LogP contribution >= 0.6 is 15.9 Å². The van der Waals surface area contributed by atoms with Gasteiger partial charge in [-0.15, -0.1) is 0 Å². The Morgan fingerprint density at radius 3 is 2.88 bits per heavy atom. The molecule has 0 saturated carbocycles. The van der Waals surface area contributed by atoms with Crippen LogP contribution in [0, 0.1) is 5.82 Å². The SMILES string of the molecule is O=C(Nc1cc(F)ccc1Br)c1ccoc1. The largest absolute Gasteiger partial charge is 0.472 e. The molecule has 1 aromatic carbocycles. The normalized spacial score (nSPS) is 10.1.